The van der Waals surface area contributed by atoms with Crippen LogP contribution in [0.15, 0.2) is 42.7 Å². The van der Waals surface area contributed by atoms with Crippen LogP contribution in [-0.4, -0.2) is 0 Å². The second kappa shape index (κ2) is 3.17. The standard InChI is InChI=1S/C12H14N/c1-10(2)11-6-7-12-5-3-4-8-13(12)9-11/h3-10H,1-2H3/q+1. The van der Waals surface area contributed by atoms with Crippen molar-refractivity contribution in [2.45, 2.75) is 19.8 Å². The van der Waals surface area contributed by atoms with Crippen molar-refractivity contribution >= 4 is 5.52 Å². The number of nitrogens with zero attached hydrogens (tertiary/aromatic N) is 1. The number of rotatable bonds is 1. The van der Waals surface area contributed by atoms with Crippen LogP contribution in [0.25, 0.3) is 5.52 Å². The van der Waals surface area contributed by atoms with Gasteiger partial charge in [-0.05, 0) is 18.1 Å². The Balaban J connectivity index is 2.62. The zero-order valence-corrected chi connectivity index (χ0v) is 8.07. The van der Waals surface area contributed by atoms with Gasteiger partial charge in [0.15, 0.2) is 12.4 Å². The molecule has 0 unspecified atom stereocenters. The lowest BCUT2D eigenvalue weighted by atomic mass is 10.1. The maximum absolute atomic E-state index is 2.21. The van der Waals surface area contributed by atoms with Crippen LogP contribution in [0.2, 0.25) is 0 Å². The van der Waals surface area contributed by atoms with Crippen LogP contribution in [0, 0.1) is 0 Å². The van der Waals surface area contributed by atoms with Gasteiger partial charge >= 0.3 is 0 Å². The summed E-state index contributed by atoms with van der Waals surface area (Å²) in [5.41, 5.74) is 2.62. The summed E-state index contributed by atoms with van der Waals surface area (Å²) >= 11 is 0. The topological polar surface area (TPSA) is 4.10 Å². The fraction of sp³-hybridized carbons (Fsp3) is 0.250. The van der Waals surface area contributed by atoms with Crippen molar-refractivity contribution in [2.75, 3.05) is 0 Å². The van der Waals surface area contributed by atoms with Crippen molar-refractivity contribution in [1.29, 1.82) is 0 Å². The Morgan fingerprint density at radius 3 is 2.69 bits per heavy atom. The maximum atomic E-state index is 2.21. The van der Waals surface area contributed by atoms with Gasteiger partial charge < -0.3 is 0 Å². The minimum absolute atomic E-state index is 0.595. The molecule has 2 aromatic heterocycles. The minimum atomic E-state index is 0.595. The lowest BCUT2D eigenvalue weighted by Crippen LogP contribution is -2.21. The van der Waals surface area contributed by atoms with Crippen LogP contribution in [0.3, 0.4) is 0 Å². The van der Waals surface area contributed by atoms with E-state index < -0.39 is 0 Å². The molecule has 1 nitrogen and oxygen atoms in total. The highest BCUT2D eigenvalue weighted by molar-refractivity contribution is 5.38. The summed E-state index contributed by atoms with van der Waals surface area (Å²) in [4.78, 5) is 0. The summed E-state index contributed by atoms with van der Waals surface area (Å²) in [6.07, 6.45) is 4.28. The van der Waals surface area contributed by atoms with E-state index in [2.05, 4.69) is 61.0 Å². The van der Waals surface area contributed by atoms with Gasteiger partial charge in [-0.1, -0.05) is 13.8 Å². The summed E-state index contributed by atoms with van der Waals surface area (Å²) in [5.74, 6) is 0.595. The van der Waals surface area contributed by atoms with E-state index in [1.54, 1.807) is 0 Å². The maximum Gasteiger partial charge on any atom is 0.210 e. The van der Waals surface area contributed by atoms with Crippen LogP contribution < -0.4 is 4.40 Å². The zero-order valence-electron chi connectivity index (χ0n) is 8.07. The Hall–Kier alpha value is -1.37. The quantitative estimate of drug-likeness (QED) is 0.582. The van der Waals surface area contributed by atoms with E-state index in [9.17, 15) is 0 Å². The number of hydrogen-bond donors (Lipinski definition) is 0. The summed E-state index contributed by atoms with van der Waals surface area (Å²) in [7, 11) is 0. The minimum Gasteiger partial charge on any atom is -0.167 e. The molecular formula is C12H14N+. The molecule has 1 heteroatoms. The average molecular weight is 172 g/mol. The first-order chi connectivity index (χ1) is 6.27. The Morgan fingerprint density at radius 2 is 1.92 bits per heavy atom. The van der Waals surface area contributed by atoms with Crippen LogP contribution in [-0.2, 0) is 0 Å². The Morgan fingerprint density at radius 1 is 1.08 bits per heavy atom. The molecule has 0 aliphatic rings. The molecule has 0 bridgehead atoms. The molecule has 0 saturated carbocycles. The van der Waals surface area contributed by atoms with Crippen molar-refractivity contribution in [2.24, 2.45) is 0 Å². The van der Waals surface area contributed by atoms with E-state index in [1.807, 2.05) is 0 Å². The van der Waals surface area contributed by atoms with Crippen molar-refractivity contribution in [3.8, 4) is 0 Å². The smallest absolute Gasteiger partial charge is 0.167 e. The molecule has 2 aromatic rings. The number of fused-ring (bicyclic) bond motifs is 1. The summed E-state index contributed by atoms with van der Waals surface area (Å²) in [5, 5.41) is 0. The third kappa shape index (κ3) is 1.55. The second-order valence-electron chi connectivity index (χ2n) is 3.65. The van der Waals surface area contributed by atoms with Crippen molar-refractivity contribution < 1.29 is 4.40 Å². The molecule has 0 amide bonds. The van der Waals surface area contributed by atoms with E-state index in [-0.39, 0.29) is 0 Å². The van der Waals surface area contributed by atoms with Gasteiger partial charge in [0, 0.05) is 23.8 Å². The Bertz CT molecular complexity index is 418. The van der Waals surface area contributed by atoms with Gasteiger partial charge in [0.1, 0.15) is 0 Å². The van der Waals surface area contributed by atoms with Gasteiger partial charge in [0.05, 0.1) is 0 Å². The molecule has 0 fully saturated rings. The largest absolute Gasteiger partial charge is 0.210 e. The van der Waals surface area contributed by atoms with Crippen LogP contribution >= 0.6 is 0 Å². The SMILES string of the molecule is CC(C)c1ccc2cccc[n+]2c1. The number of aromatic nitrogens is 1. The molecule has 0 aliphatic carbocycles. The molecule has 0 atom stereocenters. The third-order valence-corrected chi connectivity index (χ3v) is 2.32. The highest BCUT2D eigenvalue weighted by atomic mass is 14.8. The molecule has 2 rings (SSSR count). The normalized spacial score (nSPS) is 11.0. The highest BCUT2D eigenvalue weighted by Crippen LogP contribution is 2.11. The van der Waals surface area contributed by atoms with Gasteiger partial charge in [-0.25, -0.2) is 0 Å². The predicted molar refractivity (Wildman–Crippen MR) is 53.7 cm³/mol. The fourth-order valence-corrected chi connectivity index (χ4v) is 1.45. The fourth-order valence-electron chi connectivity index (χ4n) is 1.45. The van der Waals surface area contributed by atoms with Crippen molar-refractivity contribution in [3.05, 3.63) is 48.3 Å². The molecular weight excluding hydrogens is 158 g/mol. The molecule has 2 heterocycles. The van der Waals surface area contributed by atoms with Crippen LogP contribution in [0.5, 0.6) is 0 Å². The number of hydrogen-bond acceptors (Lipinski definition) is 0. The Kier molecular flexibility index (Phi) is 2.01. The van der Waals surface area contributed by atoms with Crippen molar-refractivity contribution in [3.63, 3.8) is 0 Å². The summed E-state index contributed by atoms with van der Waals surface area (Å²) < 4.78 is 2.16. The molecule has 0 aromatic carbocycles. The first kappa shape index (κ1) is 8.24. The molecule has 0 N–H and O–H groups in total. The van der Waals surface area contributed by atoms with Gasteiger partial charge in [0.2, 0.25) is 5.52 Å². The van der Waals surface area contributed by atoms with E-state index in [0.29, 0.717) is 5.92 Å². The monoisotopic (exact) mass is 172 g/mol. The third-order valence-electron chi connectivity index (χ3n) is 2.32. The van der Waals surface area contributed by atoms with E-state index in [0.717, 1.165) is 0 Å². The second-order valence-corrected chi connectivity index (χ2v) is 3.65. The Labute approximate surface area is 78.7 Å². The van der Waals surface area contributed by atoms with Crippen LogP contribution in [0.1, 0.15) is 25.3 Å². The number of pyridine rings is 2. The lowest BCUT2D eigenvalue weighted by Gasteiger charge is -2.01. The van der Waals surface area contributed by atoms with Crippen molar-refractivity contribution in [1.82, 2.24) is 0 Å². The highest BCUT2D eigenvalue weighted by Gasteiger charge is 2.05. The first-order valence-corrected chi connectivity index (χ1v) is 4.67. The average Bonchev–Trinajstić information content (AvgIpc) is 2.17. The molecule has 13 heavy (non-hydrogen) atoms. The summed E-state index contributed by atoms with van der Waals surface area (Å²) in [6.45, 7) is 4.43. The lowest BCUT2D eigenvalue weighted by molar-refractivity contribution is -0.512. The summed E-state index contributed by atoms with van der Waals surface area (Å²) in [6, 6.07) is 10.6. The van der Waals surface area contributed by atoms with E-state index in [1.165, 1.54) is 11.1 Å². The van der Waals surface area contributed by atoms with E-state index >= 15 is 0 Å². The first-order valence-electron chi connectivity index (χ1n) is 4.67. The molecule has 0 aliphatic heterocycles. The van der Waals surface area contributed by atoms with Crippen LogP contribution in [0.4, 0.5) is 0 Å². The zero-order chi connectivity index (χ0) is 9.26. The predicted octanol–water partition coefficient (Wildman–Crippen LogP) is 2.55. The van der Waals surface area contributed by atoms with Gasteiger partial charge in [-0.15, -0.1) is 0 Å². The molecule has 0 saturated heterocycles. The van der Waals surface area contributed by atoms with Gasteiger partial charge in [-0.3, -0.25) is 0 Å². The van der Waals surface area contributed by atoms with Gasteiger partial charge in [-0.2, -0.15) is 4.40 Å². The molecule has 0 spiro atoms. The van der Waals surface area contributed by atoms with E-state index in [4.69, 9.17) is 0 Å². The molecule has 0 radical (unpaired) electrons. The molecule has 66 valence electrons. The van der Waals surface area contributed by atoms with Gasteiger partial charge in [0.25, 0.3) is 0 Å².